The molecular formula is C19H26N2O3. The van der Waals surface area contributed by atoms with Crippen molar-refractivity contribution < 1.29 is 9.84 Å². The van der Waals surface area contributed by atoms with Gasteiger partial charge in [-0.05, 0) is 31.0 Å². The summed E-state index contributed by atoms with van der Waals surface area (Å²) in [4.78, 5) is 16.5. The summed E-state index contributed by atoms with van der Waals surface area (Å²) in [5.74, 6) is 0.752. The van der Waals surface area contributed by atoms with E-state index in [9.17, 15) is 9.90 Å². The first-order chi connectivity index (χ1) is 11.2. The quantitative estimate of drug-likeness (QED) is 0.915. The van der Waals surface area contributed by atoms with Crippen molar-refractivity contribution in [2.24, 2.45) is 0 Å². The molecule has 0 aliphatic rings. The highest BCUT2D eigenvalue weighted by Crippen LogP contribution is 2.19. The molecule has 1 atom stereocenters. The molecule has 1 aromatic carbocycles. The van der Waals surface area contributed by atoms with Crippen molar-refractivity contribution in [2.75, 3.05) is 6.61 Å². The van der Waals surface area contributed by atoms with Gasteiger partial charge in [0.25, 0.3) is 5.56 Å². The lowest BCUT2D eigenvalue weighted by atomic mass is 9.92. The van der Waals surface area contributed by atoms with Gasteiger partial charge in [-0.3, -0.25) is 9.36 Å². The molecule has 5 nitrogen and oxygen atoms in total. The van der Waals surface area contributed by atoms with Crippen LogP contribution in [0.1, 0.15) is 37.6 Å². The zero-order valence-corrected chi connectivity index (χ0v) is 15.0. The molecule has 0 saturated carbocycles. The van der Waals surface area contributed by atoms with E-state index < -0.39 is 6.10 Å². The maximum absolute atomic E-state index is 12.2. The smallest absolute Gasteiger partial charge is 0.253 e. The van der Waals surface area contributed by atoms with Crippen LogP contribution in [0.5, 0.6) is 5.75 Å². The maximum atomic E-state index is 12.2. The van der Waals surface area contributed by atoms with E-state index in [0.29, 0.717) is 0 Å². The minimum absolute atomic E-state index is 0.123. The predicted molar refractivity (Wildman–Crippen MR) is 94.6 cm³/mol. The third-order valence-corrected chi connectivity index (χ3v) is 3.83. The Morgan fingerprint density at radius 3 is 2.58 bits per heavy atom. The normalized spacial score (nSPS) is 12.9. The average molecular weight is 330 g/mol. The van der Waals surface area contributed by atoms with Gasteiger partial charge >= 0.3 is 0 Å². The van der Waals surface area contributed by atoms with Gasteiger partial charge in [0.2, 0.25) is 0 Å². The molecule has 130 valence electrons. The number of aromatic nitrogens is 2. The first-order valence-electron chi connectivity index (χ1n) is 8.12. The van der Waals surface area contributed by atoms with Gasteiger partial charge < -0.3 is 9.84 Å². The van der Waals surface area contributed by atoms with Crippen LogP contribution in [-0.2, 0) is 12.0 Å². The van der Waals surface area contributed by atoms with E-state index in [1.165, 1.54) is 17.0 Å². The second kappa shape index (κ2) is 7.18. The highest BCUT2D eigenvalue weighted by Gasteiger charge is 2.17. The van der Waals surface area contributed by atoms with Crippen molar-refractivity contribution in [3.05, 3.63) is 57.8 Å². The first-order valence-corrected chi connectivity index (χ1v) is 8.12. The van der Waals surface area contributed by atoms with E-state index in [4.69, 9.17) is 4.74 Å². The van der Waals surface area contributed by atoms with Crippen molar-refractivity contribution in [3.8, 4) is 5.75 Å². The molecule has 1 heterocycles. The number of ether oxygens (including phenoxy) is 1. The lowest BCUT2D eigenvalue weighted by Gasteiger charge is -2.19. The topological polar surface area (TPSA) is 64.3 Å². The van der Waals surface area contributed by atoms with Crippen molar-refractivity contribution in [1.82, 2.24) is 9.55 Å². The zero-order chi connectivity index (χ0) is 17.9. The molecule has 1 N–H and O–H groups in total. The second-order valence-electron chi connectivity index (χ2n) is 7.25. The molecule has 24 heavy (non-hydrogen) atoms. The molecular weight excluding hydrogens is 304 g/mol. The summed E-state index contributed by atoms with van der Waals surface area (Å²) in [6, 6.07) is 7.46. The average Bonchev–Trinajstić information content (AvgIpc) is 2.49. The van der Waals surface area contributed by atoms with Gasteiger partial charge in [-0.1, -0.05) is 32.9 Å². The van der Waals surface area contributed by atoms with Crippen molar-refractivity contribution in [2.45, 2.75) is 52.7 Å². The Labute approximate surface area is 142 Å². The fourth-order valence-electron chi connectivity index (χ4n) is 2.30. The predicted octanol–water partition coefficient (Wildman–Crippen LogP) is 2.60. The van der Waals surface area contributed by atoms with E-state index in [0.717, 1.165) is 22.6 Å². The van der Waals surface area contributed by atoms with Crippen LogP contribution in [0.2, 0.25) is 0 Å². The molecule has 5 heteroatoms. The van der Waals surface area contributed by atoms with Crippen molar-refractivity contribution in [3.63, 3.8) is 0 Å². The van der Waals surface area contributed by atoms with E-state index in [1.54, 1.807) is 0 Å². The summed E-state index contributed by atoms with van der Waals surface area (Å²) in [5, 5.41) is 10.2. The van der Waals surface area contributed by atoms with Crippen LogP contribution in [0.15, 0.2) is 35.4 Å². The van der Waals surface area contributed by atoms with Crippen molar-refractivity contribution in [1.29, 1.82) is 0 Å². The lowest BCUT2D eigenvalue weighted by Crippen LogP contribution is -2.31. The van der Waals surface area contributed by atoms with E-state index >= 15 is 0 Å². The number of nitrogens with zero attached hydrogens (tertiary/aromatic N) is 2. The number of hydrogen-bond donors (Lipinski definition) is 1. The molecule has 0 amide bonds. The van der Waals surface area contributed by atoms with E-state index in [-0.39, 0.29) is 24.1 Å². The van der Waals surface area contributed by atoms with Crippen molar-refractivity contribution >= 4 is 0 Å². The summed E-state index contributed by atoms with van der Waals surface area (Å²) in [5.41, 5.74) is 2.51. The maximum Gasteiger partial charge on any atom is 0.253 e. The van der Waals surface area contributed by atoms with Gasteiger partial charge in [-0.15, -0.1) is 0 Å². The van der Waals surface area contributed by atoms with E-state index in [1.807, 2.05) is 52.8 Å². The second-order valence-corrected chi connectivity index (χ2v) is 7.25. The van der Waals surface area contributed by atoms with Gasteiger partial charge in [0.05, 0.1) is 18.6 Å². The number of aliphatic hydroxyl groups excluding tert-OH is 1. The van der Waals surface area contributed by atoms with Crippen LogP contribution in [0, 0.1) is 13.8 Å². The third kappa shape index (κ3) is 4.68. The molecule has 2 aromatic rings. The molecule has 0 bridgehead atoms. The standard InChI is InChI=1S/C19H26N2O3/c1-13-6-7-14(2)16(8-13)24-11-15(22)10-21-12-20-17(9-18(21)23)19(3,4)5/h6-9,12,15,22H,10-11H2,1-5H3. The Balaban J connectivity index is 2.01. The molecule has 0 fully saturated rings. The SMILES string of the molecule is Cc1ccc(C)c(OCC(O)Cn2cnc(C(C)(C)C)cc2=O)c1. The Morgan fingerprint density at radius 2 is 1.96 bits per heavy atom. The van der Waals surface area contributed by atoms with Gasteiger partial charge in [0.1, 0.15) is 18.5 Å². The van der Waals surface area contributed by atoms with Crippen LogP contribution < -0.4 is 10.3 Å². The van der Waals surface area contributed by atoms with Crippen LogP contribution in [0.25, 0.3) is 0 Å². The molecule has 1 aromatic heterocycles. The van der Waals surface area contributed by atoms with Crippen LogP contribution >= 0.6 is 0 Å². The lowest BCUT2D eigenvalue weighted by molar-refractivity contribution is 0.0909. The summed E-state index contributed by atoms with van der Waals surface area (Å²) >= 11 is 0. The molecule has 0 spiro atoms. The van der Waals surface area contributed by atoms with Gasteiger partial charge in [-0.2, -0.15) is 0 Å². The summed E-state index contributed by atoms with van der Waals surface area (Å²) in [6.07, 6.45) is 0.703. The number of aliphatic hydroxyl groups is 1. The molecule has 0 aliphatic heterocycles. The third-order valence-electron chi connectivity index (χ3n) is 3.83. The van der Waals surface area contributed by atoms with Gasteiger partial charge in [-0.25, -0.2) is 4.98 Å². The Hall–Kier alpha value is -2.14. The van der Waals surface area contributed by atoms with Crippen LogP contribution in [0.4, 0.5) is 0 Å². The number of aryl methyl sites for hydroxylation is 2. The summed E-state index contributed by atoms with van der Waals surface area (Å²) in [7, 11) is 0. The minimum Gasteiger partial charge on any atom is -0.491 e. The fraction of sp³-hybridized carbons (Fsp3) is 0.474. The van der Waals surface area contributed by atoms with Crippen LogP contribution in [0.3, 0.4) is 0 Å². The Morgan fingerprint density at radius 1 is 1.25 bits per heavy atom. The highest BCUT2D eigenvalue weighted by atomic mass is 16.5. The summed E-state index contributed by atoms with van der Waals surface area (Å²) < 4.78 is 7.09. The molecule has 0 saturated heterocycles. The monoisotopic (exact) mass is 330 g/mol. The number of benzene rings is 1. The molecule has 1 unspecified atom stereocenters. The van der Waals surface area contributed by atoms with Crippen LogP contribution in [-0.4, -0.2) is 27.4 Å². The van der Waals surface area contributed by atoms with E-state index in [2.05, 4.69) is 4.98 Å². The first kappa shape index (κ1) is 18.2. The summed E-state index contributed by atoms with van der Waals surface area (Å²) in [6.45, 7) is 10.2. The molecule has 0 aliphatic carbocycles. The number of hydrogen-bond acceptors (Lipinski definition) is 4. The molecule has 0 radical (unpaired) electrons. The zero-order valence-electron chi connectivity index (χ0n) is 15.0. The Bertz CT molecular complexity index is 760. The largest absolute Gasteiger partial charge is 0.491 e. The van der Waals surface area contributed by atoms with Gasteiger partial charge in [0, 0.05) is 11.5 Å². The highest BCUT2D eigenvalue weighted by molar-refractivity contribution is 5.35. The minimum atomic E-state index is -0.787. The Kier molecular flexibility index (Phi) is 5.44. The van der Waals surface area contributed by atoms with Gasteiger partial charge in [0.15, 0.2) is 0 Å². The fourth-order valence-corrected chi connectivity index (χ4v) is 2.30. The number of rotatable bonds is 5. The molecule has 2 rings (SSSR count).